The topological polar surface area (TPSA) is 88.2 Å². The van der Waals surface area contributed by atoms with Crippen LogP contribution >= 0.6 is 0 Å². The average Bonchev–Trinajstić information content (AvgIpc) is 2.48. The molecule has 0 fully saturated rings. The summed E-state index contributed by atoms with van der Waals surface area (Å²) in [5, 5.41) is 11.4. The van der Waals surface area contributed by atoms with Crippen LogP contribution in [-0.2, 0) is 6.42 Å². The summed E-state index contributed by atoms with van der Waals surface area (Å²) >= 11 is 0. The number of aliphatic hydroxyl groups is 1. The molecular formula is C15H16FN3O2. The second kappa shape index (κ2) is 6.81. The van der Waals surface area contributed by atoms with Crippen LogP contribution in [0.1, 0.15) is 22.3 Å². The molecule has 0 bridgehead atoms. The third-order valence-electron chi connectivity index (χ3n) is 2.97. The van der Waals surface area contributed by atoms with Crippen LogP contribution in [0, 0.1) is 5.82 Å². The summed E-state index contributed by atoms with van der Waals surface area (Å²) in [5.74, 6) is -1.72. The summed E-state index contributed by atoms with van der Waals surface area (Å²) in [6.45, 7) is 0.109. The first-order chi connectivity index (χ1) is 10.1. The molecule has 0 aliphatic carbocycles. The van der Waals surface area contributed by atoms with E-state index in [-0.39, 0.29) is 18.0 Å². The molecule has 6 heteroatoms. The van der Waals surface area contributed by atoms with Crippen LogP contribution < -0.4 is 11.1 Å². The third-order valence-corrected chi connectivity index (χ3v) is 2.97. The molecule has 1 heterocycles. The quantitative estimate of drug-likeness (QED) is 0.785. The van der Waals surface area contributed by atoms with Crippen LogP contribution in [0.4, 0.5) is 15.9 Å². The van der Waals surface area contributed by atoms with Crippen LogP contribution in [0.3, 0.4) is 0 Å². The van der Waals surface area contributed by atoms with Gasteiger partial charge in [-0.3, -0.25) is 4.79 Å². The van der Waals surface area contributed by atoms with Crippen molar-refractivity contribution in [3.05, 3.63) is 53.5 Å². The molecule has 1 amide bonds. The van der Waals surface area contributed by atoms with Crippen LogP contribution in [0.5, 0.6) is 0 Å². The highest BCUT2D eigenvalue weighted by molar-refractivity contribution is 6.04. The Morgan fingerprint density at radius 2 is 2.19 bits per heavy atom. The number of nitrogen functional groups attached to an aromatic ring is 1. The molecule has 4 N–H and O–H groups in total. The van der Waals surface area contributed by atoms with Gasteiger partial charge in [-0.2, -0.15) is 0 Å². The summed E-state index contributed by atoms with van der Waals surface area (Å²) in [6, 6.07) is 8.46. The number of nitrogens with two attached hydrogens (primary N) is 1. The molecular weight excluding hydrogens is 273 g/mol. The molecule has 0 spiro atoms. The zero-order chi connectivity index (χ0) is 15.2. The average molecular weight is 289 g/mol. The molecule has 0 atom stereocenters. The number of aliphatic hydroxyl groups excluding tert-OH is 1. The summed E-state index contributed by atoms with van der Waals surface area (Å²) in [6.07, 6.45) is 2.63. The number of aryl methyl sites for hydroxylation is 1. The van der Waals surface area contributed by atoms with Crippen molar-refractivity contribution in [2.24, 2.45) is 0 Å². The first kappa shape index (κ1) is 14.9. The van der Waals surface area contributed by atoms with E-state index in [9.17, 15) is 9.18 Å². The van der Waals surface area contributed by atoms with Crippen molar-refractivity contribution in [1.29, 1.82) is 0 Å². The van der Waals surface area contributed by atoms with Crippen molar-refractivity contribution in [3.63, 3.8) is 0 Å². The van der Waals surface area contributed by atoms with Gasteiger partial charge in [0.1, 0.15) is 0 Å². The lowest BCUT2D eigenvalue weighted by molar-refractivity contribution is 0.102. The van der Waals surface area contributed by atoms with Gasteiger partial charge < -0.3 is 16.2 Å². The van der Waals surface area contributed by atoms with E-state index in [4.69, 9.17) is 10.8 Å². The Morgan fingerprint density at radius 3 is 2.95 bits per heavy atom. The summed E-state index contributed by atoms with van der Waals surface area (Å²) < 4.78 is 13.7. The highest BCUT2D eigenvalue weighted by atomic mass is 19.1. The molecule has 1 aromatic carbocycles. The van der Waals surface area contributed by atoms with Crippen LogP contribution in [-0.4, -0.2) is 22.6 Å². The second-order valence-corrected chi connectivity index (χ2v) is 4.54. The van der Waals surface area contributed by atoms with Gasteiger partial charge >= 0.3 is 0 Å². The number of benzene rings is 1. The number of hydrogen-bond donors (Lipinski definition) is 3. The number of hydrogen-bond acceptors (Lipinski definition) is 4. The van der Waals surface area contributed by atoms with Crippen LogP contribution in [0.25, 0.3) is 0 Å². The van der Waals surface area contributed by atoms with E-state index >= 15 is 0 Å². The summed E-state index contributed by atoms with van der Waals surface area (Å²) in [5.41, 5.74) is 6.73. The molecule has 0 unspecified atom stereocenters. The Labute approximate surface area is 121 Å². The number of rotatable bonds is 5. The molecule has 0 saturated heterocycles. The van der Waals surface area contributed by atoms with E-state index in [2.05, 4.69) is 10.3 Å². The van der Waals surface area contributed by atoms with Crippen molar-refractivity contribution >= 4 is 17.4 Å². The lowest BCUT2D eigenvalue weighted by Crippen LogP contribution is -2.15. The maximum atomic E-state index is 13.7. The molecule has 0 radical (unpaired) electrons. The van der Waals surface area contributed by atoms with Crippen molar-refractivity contribution < 1.29 is 14.3 Å². The number of aromatic nitrogens is 1. The van der Waals surface area contributed by atoms with Crippen molar-refractivity contribution in [1.82, 2.24) is 4.98 Å². The van der Waals surface area contributed by atoms with Crippen molar-refractivity contribution in [3.8, 4) is 0 Å². The molecule has 0 aliphatic heterocycles. The SMILES string of the molecule is Nc1nccc(C(=O)Nc2cccc(CCCO)c2)c1F. The van der Waals surface area contributed by atoms with Gasteiger partial charge in [-0.1, -0.05) is 12.1 Å². The number of pyridine rings is 1. The van der Waals surface area contributed by atoms with Gasteiger partial charge in [0.25, 0.3) is 5.91 Å². The largest absolute Gasteiger partial charge is 0.396 e. The Bertz CT molecular complexity index is 647. The molecule has 110 valence electrons. The van der Waals surface area contributed by atoms with Crippen molar-refractivity contribution in [2.45, 2.75) is 12.8 Å². The number of halogens is 1. The smallest absolute Gasteiger partial charge is 0.258 e. The lowest BCUT2D eigenvalue weighted by Gasteiger charge is -2.08. The maximum absolute atomic E-state index is 13.7. The fourth-order valence-electron chi connectivity index (χ4n) is 1.92. The van der Waals surface area contributed by atoms with E-state index < -0.39 is 11.7 Å². The first-order valence-corrected chi connectivity index (χ1v) is 6.53. The van der Waals surface area contributed by atoms with E-state index in [1.165, 1.54) is 12.3 Å². The molecule has 2 aromatic rings. The molecule has 2 rings (SSSR count). The van der Waals surface area contributed by atoms with E-state index in [1.54, 1.807) is 18.2 Å². The number of carbonyl (C=O) groups is 1. The third kappa shape index (κ3) is 3.76. The Kier molecular flexibility index (Phi) is 4.84. The van der Waals surface area contributed by atoms with Gasteiger partial charge in [-0.15, -0.1) is 0 Å². The minimum atomic E-state index is -0.827. The van der Waals surface area contributed by atoms with Crippen molar-refractivity contribution in [2.75, 3.05) is 17.7 Å². The van der Waals surface area contributed by atoms with Gasteiger partial charge in [0.15, 0.2) is 11.6 Å². The molecule has 0 saturated carbocycles. The van der Waals surface area contributed by atoms with Crippen LogP contribution in [0.2, 0.25) is 0 Å². The monoisotopic (exact) mass is 289 g/mol. The maximum Gasteiger partial charge on any atom is 0.258 e. The van der Waals surface area contributed by atoms with Gasteiger partial charge in [0, 0.05) is 18.5 Å². The zero-order valence-corrected chi connectivity index (χ0v) is 11.3. The Morgan fingerprint density at radius 1 is 1.38 bits per heavy atom. The van der Waals surface area contributed by atoms with Gasteiger partial charge in [0.2, 0.25) is 0 Å². The number of nitrogens with one attached hydrogen (secondary N) is 1. The highest BCUT2D eigenvalue weighted by Crippen LogP contribution is 2.16. The fourth-order valence-corrected chi connectivity index (χ4v) is 1.92. The number of nitrogens with zero attached hydrogens (tertiary/aromatic N) is 1. The highest BCUT2D eigenvalue weighted by Gasteiger charge is 2.14. The van der Waals surface area contributed by atoms with E-state index in [1.807, 2.05) is 6.07 Å². The normalized spacial score (nSPS) is 10.4. The predicted molar refractivity (Wildman–Crippen MR) is 78.4 cm³/mol. The predicted octanol–water partition coefficient (Wildman–Crippen LogP) is 1.98. The standard InChI is InChI=1S/C15H16FN3O2/c16-13-12(6-7-18-14(13)17)15(21)19-11-5-1-3-10(9-11)4-2-8-20/h1,3,5-7,9,20H,2,4,8H2,(H2,17,18)(H,19,21). The fraction of sp³-hybridized carbons (Fsp3) is 0.200. The Balaban J connectivity index is 2.14. The molecule has 21 heavy (non-hydrogen) atoms. The number of carbonyl (C=O) groups excluding carboxylic acids is 1. The number of amides is 1. The first-order valence-electron chi connectivity index (χ1n) is 6.53. The van der Waals surface area contributed by atoms with Gasteiger partial charge in [-0.05, 0) is 36.6 Å². The van der Waals surface area contributed by atoms with E-state index in [0.29, 0.717) is 18.5 Å². The summed E-state index contributed by atoms with van der Waals surface area (Å²) in [4.78, 5) is 15.6. The molecule has 5 nitrogen and oxygen atoms in total. The second-order valence-electron chi connectivity index (χ2n) is 4.54. The van der Waals surface area contributed by atoms with Gasteiger partial charge in [0.05, 0.1) is 5.56 Å². The molecule has 0 aliphatic rings. The number of anilines is 2. The zero-order valence-electron chi connectivity index (χ0n) is 11.3. The van der Waals surface area contributed by atoms with Crippen LogP contribution in [0.15, 0.2) is 36.5 Å². The summed E-state index contributed by atoms with van der Waals surface area (Å²) in [7, 11) is 0. The Hall–Kier alpha value is -2.47. The minimum absolute atomic E-state index is 0.109. The van der Waals surface area contributed by atoms with E-state index in [0.717, 1.165) is 5.56 Å². The lowest BCUT2D eigenvalue weighted by atomic mass is 10.1. The van der Waals surface area contributed by atoms with Gasteiger partial charge in [-0.25, -0.2) is 9.37 Å². The molecule has 1 aromatic heterocycles. The minimum Gasteiger partial charge on any atom is -0.396 e.